The van der Waals surface area contributed by atoms with Gasteiger partial charge in [-0.3, -0.25) is 5.32 Å². The number of nitrogens with zero attached hydrogens (tertiary/aromatic N) is 4. The van der Waals surface area contributed by atoms with Gasteiger partial charge in [-0.25, -0.2) is 19.7 Å². The third-order valence-corrected chi connectivity index (χ3v) is 5.94. The van der Waals surface area contributed by atoms with Crippen LogP contribution < -0.4 is 10.6 Å². The van der Waals surface area contributed by atoms with Crippen LogP contribution in [0.15, 0.2) is 36.5 Å². The fraction of sp³-hybridized carbons (Fsp3) is 0.462. The number of nitrogens with one attached hydrogen (secondary N) is 2. The molecule has 1 amide bonds. The van der Waals surface area contributed by atoms with Crippen molar-refractivity contribution in [3.05, 3.63) is 42.1 Å². The van der Waals surface area contributed by atoms with Gasteiger partial charge in [-0.05, 0) is 58.5 Å². The van der Waals surface area contributed by atoms with E-state index in [9.17, 15) is 18.0 Å². The van der Waals surface area contributed by atoms with Crippen molar-refractivity contribution in [3.63, 3.8) is 0 Å². The first kappa shape index (κ1) is 31.0. The van der Waals surface area contributed by atoms with Crippen LogP contribution in [0.4, 0.5) is 29.5 Å². The summed E-state index contributed by atoms with van der Waals surface area (Å²) in [5, 5.41) is 6.04. The van der Waals surface area contributed by atoms with E-state index in [2.05, 4.69) is 51.3 Å². The fourth-order valence-corrected chi connectivity index (χ4v) is 3.91. The Morgan fingerprint density at radius 2 is 1.79 bits per heavy atom. The number of rotatable bonds is 11. The molecule has 12 heteroatoms. The molecule has 0 bridgehead atoms. The molecule has 0 aliphatic carbocycles. The summed E-state index contributed by atoms with van der Waals surface area (Å²) < 4.78 is 43.8. The first-order chi connectivity index (χ1) is 17.6. The second-order valence-electron chi connectivity index (χ2n) is 8.62. The molecule has 38 heavy (non-hydrogen) atoms. The Morgan fingerprint density at radius 1 is 1.11 bits per heavy atom. The Kier molecular flexibility index (Phi) is 11.5. The van der Waals surface area contributed by atoms with Gasteiger partial charge in [0.05, 0.1) is 29.7 Å². The molecule has 1 unspecified atom stereocenters. The van der Waals surface area contributed by atoms with Crippen molar-refractivity contribution in [3.8, 4) is 11.3 Å². The number of aromatic nitrogens is 3. The minimum atomic E-state index is -4.43. The number of hydrogen-bond acceptors (Lipinski definition) is 7. The average molecular weight is 555 g/mol. The van der Waals surface area contributed by atoms with Gasteiger partial charge in [0.15, 0.2) is 5.65 Å². The molecule has 0 saturated carbocycles. The highest BCUT2D eigenvalue weighted by Crippen LogP contribution is 2.31. The number of fused-ring (bicyclic) bond motifs is 1. The highest BCUT2D eigenvalue weighted by atomic mass is 35.5. The predicted molar refractivity (Wildman–Crippen MR) is 146 cm³/mol. The molecule has 0 saturated heterocycles. The maximum absolute atomic E-state index is 12.9. The van der Waals surface area contributed by atoms with Crippen molar-refractivity contribution in [1.82, 2.24) is 19.9 Å². The fourth-order valence-electron chi connectivity index (χ4n) is 3.91. The highest BCUT2D eigenvalue weighted by molar-refractivity contribution is 5.92. The van der Waals surface area contributed by atoms with Crippen molar-refractivity contribution in [1.29, 1.82) is 0 Å². The first-order valence-electron chi connectivity index (χ1n) is 12.4. The van der Waals surface area contributed by atoms with Crippen LogP contribution in [0, 0.1) is 0 Å². The molecule has 1 aromatic carbocycles. The van der Waals surface area contributed by atoms with Crippen LogP contribution in [-0.2, 0) is 10.9 Å². The van der Waals surface area contributed by atoms with Gasteiger partial charge in [0.2, 0.25) is 0 Å². The minimum Gasteiger partial charge on any atom is -0.450 e. The number of carbonyl (C=O) groups excluding carboxylic acids is 1. The smallest absolute Gasteiger partial charge is 0.416 e. The van der Waals surface area contributed by atoms with E-state index in [0.717, 1.165) is 44.6 Å². The van der Waals surface area contributed by atoms with E-state index in [1.807, 2.05) is 0 Å². The van der Waals surface area contributed by atoms with Crippen molar-refractivity contribution in [2.24, 2.45) is 0 Å². The second-order valence-corrected chi connectivity index (χ2v) is 8.62. The number of amides is 1. The highest BCUT2D eigenvalue weighted by Gasteiger charge is 2.30. The Hall–Kier alpha value is -3.18. The number of anilines is 2. The van der Waals surface area contributed by atoms with E-state index in [-0.39, 0.29) is 36.5 Å². The van der Waals surface area contributed by atoms with Crippen LogP contribution in [0.25, 0.3) is 22.4 Å². The van der Waals surface area contributed by atoms with Gasteiger partial charge < -0.3 is 15.0 Å². The van der Waals surface area contributed by atoms with Crippen LogP contribution in [-0.4, -0.2) is 58.2 Å². The largest absolute Gasteiger partial charge is 0.450 e. The quantitative estimate of drug-likeness (QED) is 0.275. The van der Waals surface area contributed by atoms with Gasteiger partial charge in [-0.2, -0.15) is 13.2 Å². The lowest BCUT2D eigenvalue weighted by atomic mass is 10.1. The SMILES string of the molecule is CCOC(=O)Nc1cc(NC(C)CCCN(CC)CC)c2ncc(-c3ccc(C(F)(F)F)cc3)nc2n1.Cl. The van der Waals surface area contributed by atoms with E-state index >= 15 is 0 Å². The Bertz CT molecular complexity index is 1190. The number of carbonyl (C=O) groups is 1. The van der Waals surface area contributed by atoms with Gasteiger partial charge in [-0.15, -0.1) is 12.4 Å². The third-order valence-electron chi connectivity index (χ3n) is 5.94. The number of alkyl halides is 3. The Labute approximate surface area is 226 Å². The van der Waals surface area contributed by atoms with Gasteiger partial charge in [0.1, 0.15) is 11.3 Å². The minimum absolute atomic E-state index is 0. The van der Waals surface area contributed by atoms with E-state index in [0.29, 0.717) is 22.5 Å². The lowest BCUT2D eigenvalue weighted by Crippen LogP contribution is -2.25. The summed E-state index contributed by atoms with van der Waals surface area (Å²) in [5.74, 6) is 0.225. The molecule has 1 atom stereocenters. The lowest BCUT2D eigenvalue weighted by Gasteiger charge is -2.21. The molecule has 0 spiro atoms. The van der Waals surface area contributed by atoms with Crippen LogP contribution in [0.1, 0.15) is 46.1 Å². The first-order valence-corrected chi connectivity index (χ1v) is 12.4. The summed E-state index contributed by atoms with van der Waals surface area (Å²) in [7, 11) is 0. The molecule has 2 aromatic heterocycles. The Morgan fingerprint density at radius 3 is 2.39 bits per heavy atom. The summed E-state index contributed by atoms with van der Waals surface area (Å²) in [6.45, 7) is 11.3. The van der Waals surface area contributed by atoms with Crippen molar-refractivity contribution >= 4 is 41.2 Å². The molecule has 0 fully saturated rings. The second kappa shape index (κ2) is 14.1. The van der Waals surface area contributed by atoms with Crippen molar-refractivity contribution in [2.45, 2.75) is 52.8 Å². The standard InChI is InChI=1S/C26H33F3N6O2.ClH/c1-5-35(6-2)14-8-9-17(4)31-20-15-22(34-25(36)37-7-3)33-24-23(20)30-16-21(32-24)18-10-12-19(13-11-18)26(27,28)29;/h10-13,15-17H,5-9,14H2,1-4H3,(H2,31,32,33,34,36);1H. The lowest BCUT2D eigenvalue weighted by molar-refractivity contribution is -0.137. The van der Waals surface area contributed by atoms with E-state index in [1.165, 1.54) is 18.3 Å². The van der Waals surface area contributed by atoms with Crippen LogP contribution in [0.5, 0.6) is 0 Å². The summed E-state index contributed by atoms with van der Waals surface area (Å²) in [6, 6.07) is 6.47. The number of hydrogen-bond donors (Lipinski definition) is 2. The van der Waals surface area contributed by atoms with Crippen molar-refractivity contribution < 1.29 is 22.7 Å². The molecule has 8 nitrogen and oxygen atoms in total. The molecule has 0 aliphatic rings. The summed E-state index contributed by atoms with van der Waals surface area (Å²) in [4.78, 5) is 27.8. The normalized spacial score (nSPS) is 12.2. The van der Waals surface area contributed by atoms with Crippen LogP contribution in [0.3, 0.4) is 0 Å². The zero-order valence-corrected chi connectivity index (χ0v) is 22.7. The Balaban J connectivity index is 0.00000507. The number of ether oxygens (including phenoxy) is 1. The number of benzene rings is 1. The molecule has 3 rings (SSSR count). The average Bonchev–Trinajstić information content (AvgIpc) is 2.86. The summed E-state index contributed by atoms with van der Waals surface area (Å²) >= 11 is 0. The maximum Gasteiger partial charge on any atom is 0.416 e. The van der Waals surface area contributed by atoms with Crippen molar-refractivity contribution in [2.75, 3.05) is 36.9 Å². The summed E-state index contributed by atoms with van der Waals surface area (Å²) in [6.07, 6.45) is -1.65. The van der Waals surface area contributed by atoms with E-state index in [4.69, 9.17) is 4.74 Å². The molecular weight excluding hydrogens is 521 g/mol. The van der Waals surface area contributed by atoms with Gasteiger partial charge in [0.25, 0.3) is 0 Å². The molecule has 0 radical (unpaired) electrons. The number of halogens is 4. The van der Waals surface area contributed by atoms with Crippen LogP contribution >= 0.6 is 12.4 Å². The van der Waals surface area contributed by atoms with E-state index in [1.54, 1.807) is 13.0 Å². The molecular formula is C26H34ClF3N6O2. The van der Waals surface area contributed by atoms with Crippen LogP contribution in [0.2, 0.25) is 0 Å². The molecule has 208 valence electrons. The topological polar surface area (TPSA) is 92.3 Å². The summed E-state index contributed by atoms with van der Waals surface area (Å²) in [5.41, 5.74) is 1.45. The molecule has 3 aromatic rings. The monoisotopic (exact) mass is 554 g/mol. The zero-order chi connectivity index (χ0) is 27.0. The number of pyridine rings is 1. The zero-order valence-electron chi connectivity index (χ0n) is 21.9. The third kappa shape index (κ3) is 8.42. The maximum atomic E-state index is 12.9. The van der Waals surface area contributed by atoms with Gasteiger partial charge >= 0.3 is 12.3 Å². The molecule has 2 heterocycles. The van der Waals surface area contributed by atoms with Gasteiger partial charge in [-0.1, -0.05) is 26.0 Å². The predicted octanol–water partition coefficient (Wildman–Crippen LogP) is 6.62. The molecule has 0 aliphatic heterocycles. The van der Waals surface area contributed by atoms with E-state index < -0.39 is 17.8 Å². The molecule has 2 N–H and O–H groups in total. The van der Waals surface area contributed by atoms with Gasteiger partial charge in [0, 0.05) is 17.7 Å².